The predicted molar refractivity (Wildman–Crippen MR) is 129 cm³/mol. The highest BCUT2D eigenvalue weighted by atomic mass is 32.2. The first-order valence-electron chi connectivity index (χ1n) is 10.1. The van der Waals surface area contributed by atoms with Crippen LogP contribution in [0.5, 0.6) is 11.5 Å². The molecule has 0 aliphatic carbocycles. The Balaban J connectivity index is 1.72. The van der Waals surface area contributed by atoms with Crippen LogP contribution < -0.4 is 15.0 Å². The number of rotatable bonds is 8. The molecule has 2 heterocycles. The Kier molecular flexibility index (Phi) is 6.63. The third-order valence-electron chi connectivity index (χ3n) is 4.99. The van der Waals surface area contributed by atoms with Gasteiger partial charge in [-0.25, -0.2) is 4.98 Å². The van der Waals surface area contributed by atoms with Crippen molar-refractivity contribution >= 4 is 33.3 Å². The van der Waals surface area contributed by atoms with Crippen LogP contribution in [-0.2, 0) is 6.42 Å². The maximum atomic E-state index is 13.6. The first-order valence-corrected chi connectivity index (χ1v) is 11.9. The van der Waals surface area contributed by atoms with Crippen molar-refractivity contribution in [3.05, 3.63) is 75.4 Å². The molecule has 0 aliphatic heterocycles. The Hall–Kier alpha value is -2.77. The van der Waals surface area contributed by atoms with Crippen LogP contribution in [0.15, 0.2) is 64.5 Å². The maximum absolute atomic E-state index is 13.6. The lowest BCUT2D eigenvalue weighted by molar-refractivity contribution is 0.344. The minimum absolute atomic E-state index is 0.0434. The van der Waals surface area contributed by atoms with Crippen LogP contribution in [0.2, 0.25) is 0 Å². The third-order valence-corrected chi connectivity index (χ3v) is 7.22. The van der Waals surface area contributed by atoms with E-state index in [-0.39, 0.29) is 5.56 Å². The van der Waals surface area contributed by atoms with Gasteiger partial charge in [0.15, 0.2) is 5.16 Å². The molecule has 0 N–H and O–H groups in total. The number of aromatic nitrogens is 2. The summed E-state index contributed by atoms with van der Waals surface area (Å²) in [7, 11) is 1.62. The average molecular weight is 453 g/mol. The first kappa shape index (κ1) is 21.5. The summed E-state index contributed by atoms with van der Waals surface area (Å²) >= 11 is 3.13. The minimum atomic E-state index is -0.0434. The normalized spacial score (nSPS) is 11.1. The second-order valence-electron chi connectivity index (χ2n) is 6.93. The Morgan fingerprint density at radius 1 is 1.10 bits per heavy atom. The number of ether oxygens (including phenoxy) is 2. The van der Waals surface area contributed by atoms with Gasteiger partial charge in [0.05, 0.1) is 24.8 Å². The van der Waals surface area contributed by atoms with E-state index in [0.717, 1.165) is 28.3 Å². The van der Waals surface area contributed by atoms with Crippen LogP contribution in [0.4, 0.5) is 0 Å². The van der Waals surface area contributed by atoms with Crippen LogP contribution in [0.1, 0.15) is 17.4 Å². The molecule has 4 rings (SSSR count). The van der Waals surface area contributed by atoms with Gasteiger partial charge in [-0.15, -0.1) is 11.3 Å². The molecular weight excluding hydrogens is 428 g/mol. The Morgan fingerprint density at radius 3 is 2.61 bits per heavy atom. The number of nitrogens with zero attached hydrogens (tertiary/aromatic N) is 2. The zero-order valence-corrected chi connectivity index (χ0v) is 19.4. The molecule has 0 saturated carbocycles. The van der Waals surface area contributed by atoms with Gasteiger partial charge in [0, 0.05) is 16.7 Å². The van der Waals surface area contributed by atoms with E-state index in [0.29, 0.717) is 28.7 Å². The summed E-state index contributed by atoms with van der Waals surface area (Å²) in [4.78, 5) is 20.5. The van der Waals surface area contributed by atoms with Gasteiger partial charge in [-0.3, -0.25) is 9.36 Å². The van der Waals surface area contributed by atoms with Crippen molar-refractivity contribution in [1.82, 2.24) is 9.55 Å². The zero-order chi connectivity index (χ0) is 21.8. The smallest absolute Gasteiger partial charge is 0.267 e. The molecule has 31 heavy (non-hydrogen) atoms. The summed E-state index contributed by atoms with van der Waals surface area (Å²) in [6.07, 6.45) is 0.888. The molecule has 5 nitrogen and oxygen atoms in total. The highest BCUT2D eigenvalue weighted by Gasteiger charge is 2.19. The fraction of sp³-hybridized carbons (Fsp3) is 0.250. The van der Waals surface area contributed by atoms with E-state index < -0.39 is 0 Å². The number of hydrogen-bond acceptors (Lipinski definition) is 6. The van der Waals surface area contributed by atoms with Gasteiger partial charge in [-0.1, -0.05) is 43.0 Å². The van der Waals surface area contributed by atoms with E-state index in [1.807, 2.05) is 61.5 Å². The number of methoxy groups -OCH3 is 1. The van der Waals surface area contributed by atoms with Crippen LogP contribution in [0.3, 0.4) is 0 Å². The van der Waals surface area contributed by atoms with Gasteiger partial charge in [0.1, 0.15) is 16.3 Å². The summed E-state index contributed by atoms with van der Waals surface area (Å²) < 4.78 is 12.9. The zero-order valence-electron chi connectivity index (χ0n) is 17.8. The second-order valence-corrected chi connectivity index (χ2v) is 9.08. The summed E-state index contributed by atoms with van der Waals surface area (Å²) in [6.45, 7) is 4.64. The molecule has 0 spiro atoms. The monoisotopic (exact) mass is 452 g/mol. The van der Waals surface area contributed by atoms with Crippen LogP contribution in [0.25, 0.3) is 15.9 Å². The minimum Gasteiger partial charge on any atom is -0.497 e. The molecule has 2 aromatic carbocycles. The molecule has 0 bridgehead atoms. The van der Waals surface area contributed by atoms with Crippen LogP contribution in [0, 0.1) is 6.92 Å². The molecule has 4 aromatic rings. The molecule has 2 aromatic heterocycles. The lowest BCUT2D eigenvalue weighted by Gasteiger charge is -2.13. The number of benzene rings is 2. The first-order chi connectivity index (χ1) is 15.1. The van der Waals surface area contributed by atoms with Crippen molar-refractivity contribution in [3.63, 3.8) is 0 Å². The Labute approximate surface area is 189 Å². The van der Waals surface area contributed by atoms with E-state index in [1.165, 1.54) is 16.6 Å². The molecule has 160 valence electrons. The number of thioether (sulfide) groups is 1. The summed E-state index contributed by atoms with van der Waals surface area (Å²) in [6, 6.07) is 17.2. The Bertz CT molecular complexity index is 1250. The van der Waals surface area contributed by atoms with E-state index >= 15 is 0 Å². The number of fused-ring (bicyclic) bond motifs is 1. The molecule has 0 saturated heterocycles. The second kappa shape index (κ2) is 9.58. The fourth-order valence-electron chi connectivity index (χ4n) is 3.43. The average Bonchev–Trinajstić information content (AvgIpc) is 3.13. The number of para-hydroxylation sites is 1. The van der Waals surface area contributed by atoms with Crippen molar-refractivity contribution < 1.29 is 9.47 Å². The lowest BCUT2D eigenvalue weighted by Crippen LogP contribution is -2.22. The molecule has 0 aliphatic rings. The summed E-state index contributed by atoms with van der Waals surface area (Å²) in [5.41, 5.74) is 1.73. The largest absolute Gasteiger partial charge is 0.497 e. The van der Waals surface area contributed by atoms with Gasteiger partial charge in [-0.2, -0.15) is 0 Å². The van der Waals surface area contributed by atoms with E-state index in [2.05, 4.69) is 6.92 Å². The lowest BCUT2D eigenvalue weighted by atomic mass is 10.2. The summed E-state index contributed by atoms with van der Waals surface area (Å²) in [5.74, 6) is 2.20. The highest BCUT2D eigenvalue weighted by Crippen LogP contribution is 2.31. The van der Waals surface area contributed by atoms with E-state index in [9.17, 15) is 4.79 Å². The van der Waals surface area contributed by atoms with E-state index in [1.54, 1.807) is 23.0 Å². The highest BCUT2D eigenvalue weighted by molar-refractivity contribution is 7.99. The number of hydrogen-bond donors (Lipinski definition) is 0. The molecule has 0 atom stereocenters. The molecule has 0 fully saturated rings. The van der Waals surface area contributed by atoms with Gasteiger partial charge < -0.3 is 9.47 Å². The van der Waals surface area contributed by atoms with Gasteiger partial charge in [-0.05, 0) is 43.2 Å². The van der Waals surface area contributed by atoms with Gasteiger partial charge >= 0.3 is 0 Å². The van der Waals surface area contributed by atoms with Crippen molar-refractivity contribution in [2.75, 3.05) is 19.5 Å². The standard InChI is InChI=1S/C24H24N2O3S2/c1-4-20-16(2)21-22(31-20)25-24(30-14-13-29-18-10-6-5-7-11-18)26(23(21)27)17-9-8-12-19(15-17)28-3/h5-12,15H,4,13-14H2,1-3H3. The molecule has 0 radical (unpaired) electrons. The van der Waals surface area contributed by atoms with Gasteiger partial charge in [0.2, 0.25) is 0 Å². The van der Waals surface area contributed by atoms with Crippen molar-refractivity contribution in [1.29, 1.82) is 0 Å². The fourth-order valence-corrected chi connectivity index (χ4v) is 5.42. The third kappa shape index (κ3) is 4.48. The topological polar surface area (TPSA) is 53.4 Å². The maximum Gasteiger partial charge on any atom is 0.267 e. The number of aryl methyl sites for hydroxylation is 2. The Morgan fingerprint density at radius 2 is 1.87 bits per heavy atom. The van der Waals surface area contributed by atoms with Gasteiger partial charge in [0.25, 0.3) is 5.56 Å². The van der Waals surface area contributed by atoms with Crippen LogP contribution in [-0.4, -0.2) is 29.0 Å². The van der Waals surface area contributed by atoms with Crippen molar-refractivity contribution in [3.8, 4) is 17.2 Å². The SMILES string of the molecule is CCc1sc2nc(SCCOc3ccccc3)n(-c3cccc(OC)c3)c(=O)c2c1C. The van der Waals surface area contributed by atoms with E-state index in [4.69, 9.17) is 14.5 Å². The quantitative estimate of drug-likeness (QED) is 0.201. The molecule has 0 unspecified atom stereocenters. The van der Waals surface area contributed by atoms with Crippen LogP contribution >= 0.6 is 23.1 Å². The molecule has 0 amide bonds. The van der Waals surface area contributed by atoms with Crippen molar-refractivity contribution in [2.24, 2.45) is 0 Å². The van der Waals surface area contributed by atoms with Crippen molar-refractivity contribution in [2.45, 2.75) is 25.4 Å². The molecule has 7 heteroatoms. The summed E-state index contributed by atoms with van der Waals surface area (Å²) in [5, 5.41) is 1.36. The molecular formula is C24H24N2O3S2. The predicted octanol–water partition coefficient (Wildman–Crippen LogP) is 5.50. The number of thiophene rings is 1.